The van der Waals surface area contributed by atoms with Crippen LogP contribution in [0.2, 0.25) is 0 Å². The summed E-state index contributed by atoms with van der Waals surface area (Å²) in [5.74, 6) is 0.676. The highest BCUT2D eigenvalue weighted by Gasteiger charge is 2.07. The van der Waals surface area contributed by atoms with Crippen LogP contribution in [0.25, 0.3) is 0 Å². The van der Waals surface area contributed by atoms with Crippen LogP contribution in [0.1, 0.15) is 15.9 Å². The Morgan fingerprint density at radius 1 is 1.39 bits per heavy atom. The molecule has 0 bridgehead atoms. The van der Waals surface area contributed by atoms with Gasteiger partial charge in [-0.05, 0) is 18.2 Å². The summed E-state index contributed by atoms with van der Waals surface area (Å²) in [5.41, 5.74) is 1.62. The number of nitrogens with one attached hydrogen (secondary N) is 1. The summed E-state index contributed by atoms with van der Waals surface area (Å²) in [5, 5.41) is 3.15. The number of nitrogens with zero attached hydrogens (tertiary/aromatic N) is 2. The van der Waals surface area contributed by atoms with Gasteiger partial charge in [-0.1, -0.05) is 0 Å². The first kappa shape index (κ1) is 12.2. The van der Waals surface area contributed by atoms with Gasteiger partial charge in [0.05, 0.1) is 18.1 Å². The fourth-order valence-corrected chi connectivity index (χ4v) is 1.47. The summed E-state index contributed by atoms with van der Waals surface area (Å²) in [7, 11) is 3.43. The monoisotopic (exact) mass is 245 g/mol. The van der Waals surface area contributed by atoms with Crippen LogP contribution in [0, 0.1) is 0 Å². The number of hydrogen-bond donors (Lipinski definition) is 1. The van der Waals surface area contributed by atoms with E-state index in [0.29, 0.717) is 12.1 Å². The third kappa shape index (κ3) is 2.88. The van der Waals surface area contributed by atoms with Crippen LogP contribution in [0.5, 0.6) is 0 Å². The summed E-state index contributed by atoms with van der Waals surface area (Å²) in [6, 6.07) is 5.43. The number of amides is 1. The van der Waals surface area contributed by atoms with Crippen LogP contribution < -0.4 is 5.32 Å². The summed E-state index contributed by atoms with van der Waals surface area (Å²) in [6.07, 6.45) is 4.88. The lowest BCUT2D eigenvalue weighted by Gasteiger charge is -2.10. The number of pyridine rings is 1. The first-order valence-electron chi connectivity index (χ1n) is 5.59. The Bertz CT molecular complexity index is 504. The molecule has 2 heterocycles. The van der Waals surface area contributed by atoms with Gasteiger partial charge in [0.25, 0.3) is 5.91 Å². The van der Waals surface area contributed by atoms with E-state index < -0.39 is 0 Å². The second kappa shape index (κ2) is 5.35. The fraction of sp³-hybridized carbons (Fsp3) is 0.231. The molecule has 2 aromatic heterocycles. The molecule has 0 fully saturated rings. The SMILES string of the molecule is CN(C)C(=O)c1ccc(NCc2ccoc2)nc1. The van der Waals surface area contributed by atoms with Gasteiger partial charge in [0, 0.05) is 32.4 Å². The second-order valence-corrected chi connectivity index (χ2v) is 4.12. The largest absolute Gasteiger partial charge is 0.472 e. The lowest BCUT2D eigenvalue weighted by atomic mass is 10.2. The van der Waals surface area contributed by atoms with Crippen molar-refractivity contribution < 1.29 is 9.21 Å². The van der Waals surface area contributed by atoms with Crippen molar-refractivity contribution in [3.05, 3.63) is 48.0 Å². The Kier molecular flexibility index (Phi) is 3.62. The molecule has 1 N–H and O–H groups in total. The predicted octanol–water partition coefficient (Wildman–Crippen LogP) is 1.99. The highest BCUT2D eigenvalue weighted by molar-refractivity contribution is 5.93. The van der Waals surface area contributed by atoms with Gasteiger partial charge in [-0.25, -0.2) is 4.98 Å². The molecule has 0 spiro atoms. The zero-order chi connectivity index (χ0) is 13.0. The number of anilines is 1. The fourth-order valence-electron chi connectivity index (χ4n) is 1.47. The van der Waals surface area contributed by atoms with Gasteiger partial charge in [0.1, 0.15) is 5.82 Å². The van der Waals surface area contributed by atoms with E-state index in [0.717, 1.165) is 11.4 Å². The molecule has 0 aliphatic rings. The van der Waals surface area contributed by atoms with E-state index in [1.807, 2.05) is 6.07 Å². The zero-order valence-electron chi connectivity index (χ0n) is 10.4. The average molecular weight is 245 g/mol. The van der Waals surface area contributed by atoms with Crippen LogP contribution in [-0.4, -0.2) is 29.9 Å². The van der Waals surface area contributed by atoms with Crippen LogP contribution in [0.4, 0.5) is 5.82 Å². The molecule has 5 heteroatoms. The van der Waals surface area contributed by atoms with Gasteiger partial charge in [-0.2, -0.15) is 0 Å². The molecule has 0 radical (unpaired) electrons. The molecular weight excluding hydrogens is 230 g/mol. The van der Waals surface area contributed by atoms with Gasteiger partial charge >= 0.3 is 0 Å². The molecule has 2 rings (SSSR count). The molecule has 0 aliphatic carbocycles. The Balaban J connectivity index is 1.97. The number of hydrogen-bond acceptors (Lipinski definition) is 4. The van der Waals surface area contributed by atoms with Gasteiger partial charge in [-0.3, -0.25) is 4.79 Å². The quantitative estimate of drug-likeness (QED) is 0.895. The zero-order valence-corrected chi connectivity index (χ0v) is 10.4. The smallest absolute Gasteiger partial charge is 0.254 e. The minimum absolute atomic E-state index is 0.0520. The van der Waals surface area contributed by atoms with Gasteiger partial charge in [0.15, 0.2) is 0 Å². The van der Waals surface area contributed by atoms with Gasteiger partial charge in [-0.15, -0.1) is 0 Å². The molecule has 5 nitrogen and oxygen atoms in total. The Morgan fingerprint density at radius 2 is 2.22 bits per heavy atom. The normalized spacial score (nSPS) is 10.1. The van der Waals surface area contributed by atoms with E-state index in [1.54, 1.807) is 45.0 Å². The lowest BCUT2D eigenvalue weighted by Crippen LogP contribution is -2.21. The van der Waals surface area contributed by atoms with E-state index in [9.17, 15) is 4.79 Å². The van der Waals surface area contributed by atoms with Crippen molar-refractivity contribution in [1.82, 2.24) is 9.88 Å². The lowest BCUT2D eigenvalue weighted by molar-refractivity contribution is 0.0827. The highest BCUT2D eigenvalue weighted by Crippen LogP contribution is 2.09. The van der Waals surface area contributed by atoms with Crippen molar-refractivity contribution in [2.75, 3.05) is 19.4 Å². The topological polar surface area (TPSA) is 58.4 Å². The first-order chi connectivity index (χ1) is 8.66. The molecule has 1 amide bonds. The molecule has 0 saturated heterocycles. The van der Waals surface area contributed by atoms with E-state index in [-0.39, 0.29) is 5.91 Å². The third-order valence-corrected chi connectivity index (χ3v) is 2.47. The number of carbonyl (C=O) groups excluding carboxylic acids is 1. The van der Waals surface area contributed by atoms with Crippen molar-refractivity contribution in [3.8, 4) is 0 Å². The van der Waals surface area contributed by atoms with Crippen molar-refractivity contribution >= 4 is 11.7 Å². The molecule has 18 heavy (non-hydrogen) atoms. The Hall–Kier alpha value is -2.30. The minimum Gasteiger partial charge on any atom is -0.472 e. The maximum atomic E-state index is 11.7. The molecule has 94 valence electrons. The number of carbonyl (C=O) groups is 1. The maximum absolute atomic E-state index is 11.7. The van der Waals surface area contributed by atoms with E-state index in [2.05, 4.69) is 10.3 Å². The van der Waals surface area contributed by atoms with Crippen LogP contribution in [0.3, 0.4) is 0 Å². The first-order valence-corrected chi connectivity index (χ1v) is 5.59. The predicted molar refractivity (Wildman–Crippen MR) is 68.3 cm³/mol. The van der Waals surface area contributed by atoms with Crippen molar-refractivity contribution in [1.29, 1.82) is 0 Å². The van der Waals surface area contributed by atoms with Crippen LogP contribution >= 0.6 is 0 Å². The molecular formula is C13H15N3O2. The summed E-state index contributed by atoms with van der Waals surface area (Å²) < 4.78 is 4.97. The van der Waals surface area contributed by atoms with Crippen molar-refractivity contribution in [2.24, 2.45) is 0 Å². The molecule has 0 aliphatic heterocycles. The standard InChI is InChI=1S/C13H15N3O2/c1-16(2)13(17)11-3-4-12(15-8-11)14-7-10-5-6-18-9-10/h3-6,8-9H,7H2,1-2H3,(H,14,15). The third-order valence-electron chi connectivity index (χ3n) is 2.47. The van der Waals surface area contributed by atoms with Crippen molar-refractivity contribution in [2.45, 2.75) is 6.54 Å². The molecule has 0 aromatic carbocycles. The highest BCUT2D eigenvalue weighted by atomic mass is 16.3. The van der Waals surface area contributed by atoms with E-state index in [1.165, 1.54) is 4.90 Å². The van der Waals surface area contributed by atoms with E-state index >= 15 is 0 Å². The molecule has 0 unspecified atom stereocenters. The summed E-state index contributed by atoms with van der Waals surface area (Å²) in [4.78, 5) is 17.4. The van der Waals surface area contributed by atoms with Gasteiger partial charge in [0.2, 0.25) is 0 Å². The van der Waals surface area contributed by atoms with Crippen LogP contribution in [-0.2, 0) is 6.54 Å². The number of rotatable bonds is 4. The van der Waals surface area contributed by atoms with Gasteiger partial charge < -0.3 is 14.6 Å². The second-order valence-electron chi connectivity index (χ2n) is 4.12. The summed E-state index contributed by atoms with van der Waals surface area (Å²) in [6.45, 7) is 0.643. The molecule has 2 aromatic rings. The Morgan fingerprint density at radius 3 is 2.78 bits per heavy atom. The molecule has 0 saturated carbocycles. The number of furan rings is 1. The minimum atomic E-state index is -0.0520. The Labute approximate surface area is 105 Å². The molecule has 0 atom stereocenters. The van der Waals surface area contributed by atoms with Crippen molar-refractivity contribution in [3.63, 3.8) is 0 Å². The average Bonchev–Trinajstić information content (AvgIpc) is 2.89. The van der Waals surface area contributed by atoms with E-state index in [4.69, 9.17) is 4.42 Å². The number of aromatic nitrogens is 1. The maximum Gasteiger partial charge on any atom is 0.254 e. The van der Waals surface area contributed by atoms with Crippen LogP contribution in [0.15, 0.2) is 41.3 Å². The summed E-state index contributed by atoms with van der Waals surface area (Å²) >= 11 is 0.